The summed E-state index contributed by atoms with van der Waals surface area (Å²) in [6.45, 7) is 4.27. The molecular formula is C49H93NO3. The molecule has 0 aromatic heterocycles. The summed E-state index contributed by atoms with van der Waals surface area (Å²) >= 11 is 0. The van der Waals surface area contributed by atoms with Gasteiger partial charge in [0.2, 0.25) is 5.91 Å². The maximum absolute atomic E-state index is 12.2. The van der Waals surface area contributed by atoms with Gasteiger partial charge < -0.3 is 15.5 Å². The van der Waals surface area contributed by atoms with Crippen molar-refractivity contribution in [3.05, 3.63) is 36.5 Å². The van der Waals surface area contributed by atoms with E-state index in [1.165, 1.54) is 193 Å². The first kappa shape index (κ1) is 51.6. The molecule has 0 aliphatic carbocycles. The Balaban J connectivity index is 3.48. The number of aliphatic hydroxyl groups excluding tert-OH is 2. The summed E-state index contributed by atoms with van der Waals surface area (Å²) in [6.07, 6.45) is 60.2. The summed E-state index contributed by atoms with van der Waals surface area (Å²) in [4.78, 5) is 12.2. The highest BCUT2D eigenvalue weighted by Gasteiger charge is 2.17. The number of aliphatic hydroxyl groups is 2. The van der Waals surface area contributed by atoms with Gasteiger partial charge in [0.1, 0.15) is 0 Å². The molecule has 312 valence electrons. The van der Waals surface area contributed by atoms with Gasteiger partial charge in [-0.2, -0.15) is 0 Å². The molecule has 2 atom stereocenters. The van der Waals surface area contributed by atoms with Crippen LogP contribution in [0.15, 0.2) is 36.5 Å². The molecule has 2 unspecified atom stereocenters. The molecule has 0 bridgehead atoms. The van der Waals surface area contributed by atoms with Crippen LogP contribution in [-0.4, -0.2) is 34.9 Å². The van der Waals surface area contributed by atoms with Crippen LogP contribution in [0.4, 0.5) is 0 Å². The number of unbranched alkanes of at least 4 members (excludes halogenated alkanes) is 32. The molecule has 0 radical (unpaired) electrons. The fourth-order valence-corrected chi connectivity index (χ4v) is 7.21. The number of carbonyl (C=O) groups is 1. The van der Waals surface area contributed by atoms with Crippen molar-refractivity contribution in [1.82, 2.24) is 5.32 Å². The Morgan fingerprint density at radius 2 is 0.736 bits per heavy atom. The molecular weight excluding hydrogens is 651 g/mol. The first-order valence-electron chi connectivity index (χ1n) is 23.7. The molecule has 0 saturated heterocycles. The number of hydrogen-bond donors (Lipinski definition) is 3. The second-order valence-corrected chi connectivity index (χ2v) is 16.2. The first-order chi connectivity index (χ1) is 26.2. The van der Waals surface area contributed by atoms with E-state index in [4.69, 9.17) is 0 Å². The standard InChI is InChI=1S/C49H93NO3/c1-3-5-7-9-11-13-14-15-16-17-18-19-20-21-22-23-24-25-26-27-28-29-30-31-32-33-34-35-36-37-38-40-42-44-48(52)47(46-51)50-49(53)45-43-41-39-12-10-8-6-4-2/h32-33,36-37,42,44,47-48,51-52H,3-31,34-35,38-41,43,45-46H2,1-2H3,(H,50,53)/b33-32+,37-36+,44-42+. The maximum atomic E-state index is 12.2. The lowest BCUT2D eigenvalue weighted by molar-refractivity contribution is -0.123. The third kappa shape index (κ3) is 41.6. The van der Waals surface area contributed by atoms with E-state index >= 15 is 0 Å². The lowest BCUT2D eigenvalue weighted by Gasteiger charge is -2.19. The Labute approximate surface area is 331 Å². The Kier molecular flexibility index (Phi) is 43.8. The van der Waals surface area contributed by atoms with E-state index in [-0.39, 0.29) is 12.5 Å². The van der Waals surface area contributed by atoms with E-state index in [9.17, 15) is 15.0 Å². The van der Waals surface area contributed by atoms with Crippen LogP contribution in [0.2, 0.25) is 0 Å². The normalized spacial score (nSPS) is 13.2. The number of nitrogens with one attached hydrogen (secondary N) is 1. The van der Waals surface area contributed by atoms with Crippen molar-refractivity contribution in [2.24, 2.45) is 0 Å². The SMILES string of the molecule is CCCCCCCCCCCCCCCCCCCCCCCCC/C=C/CC/C=C/CC/C=C/C(O)C(CO)NC(=O)CCCCCCCCCC. The molecule has 0 rings (SSSR count). The second kappa shape index (κ2) is 45.0. The molecule has 0 heterocycles. The van der Waals surface area contributed by atoms with Gasteiger partial charge in [0.25, 0.3) is 0 Å². The molecule has 0 saturated carbocycles. The van der Waals surface area contributed by atoms with Crippen molar-refractivity contribution >= 4 is 5.91 Å². The Morgan fingerprint density at radius 3 is 1.09 bits per heavy atom. The number of rotatable bonds is 43. The van der Waals surface area contributed by atoms with Gasteiger partial charge in [0.05, 0.1) is 18.8 Å². The van der Waals surface area contributed by atoms with Crippen LogP contribution in [0.5, 0.6) is 0 Å². The monoisotopic (exact) mass is 744 g/mol. The smallest absolute Gasteiger partial charge is 0.220 e. The minimum absolute atomic E-state index is 0.0827. The highest BCUT2D eigenvalue weighted by atomic mass is 16.3. The van der Waals surface area contributed by atoms with E-state index in [0.29, 0.717) is 6.42 Å². The summed E-state index contributed by atoms with van der Waals surface area (Å²) < 4.78 is 0. The molecule has 0 fully saturated rings. The van der Waals surface area contributed by atoms with Crippen molar-refractivity contribution < 1.29 is 15.0 Å². The third-order valence-electron chi connectivity index (χ3n) is 10.9. The predicted molar refractivity (Wildman–Crippen MR) is 235 cm³/mol. The summed E-state index contributed by atoms with van der Waals surface area (Å²) in [6, 6.07) is -0.640. The fourth-order valence-electron chi connectivity index (χ4n) is 7.21. The Hall–Kier alpha value is -1.39. The minimum atomic E-state index is -0.866. The molecule has 53 heavy (non-hydrogen) atoms. The molecule has 0 aromatic carbocycles. The average Bonchev–Trinajstić information content (AvgIpc) is 3.16. The van der Waals surface area contributed by atoms with Gasteiger partial charge in [-0.25, -0.2) is 0 Å². The Morgan fingerprint density at radius 1 is 0.434 bits per heavy atom. The highest BCUT2D eigenvalue weighted by Crippen LogP contribution is 2.16. The van der Waals surface area contributed by atoms with E-state index in [1.54, 1.807) is 6.08 Å². The first-order valence-corrected chi connectivity index (χ1v) is 23.7. The van der Waals surface area contributed by atoms with Crippen molar-refractivity contribution in [3.8, 4) is 0 Å². The van der Waals surface area contributed by atoms with Crippen LogP contribution in [0, 0.1) is 0 Å². The summed E-state index contributed by atoms with van der Waals surface area (Å²) in [7, 11) is 0. The molecule has 1 amide bonds. The zero-order chi connectivity index (χ0) is 38.6. The van der Waals surface area contributed by atoms with Crippen LogP contribution in [0.25, 0.3) is 0 Å². The quantitative estimate of drug-likeness (QED) is 0.0430. The lowest BCUT2D eigenvalue weighted by atomic mass is 10.0. The number of hydrogen-bond acceptors (Lipinski definition) is 3. The van der Waals surface area contributed by atoms with Gasteiger partial charge in [0.15, 0.2) is 0 Å². The van der Waals surface area contributed by atoms with Gasteiger partial charge in [0, 0.05) is 6.42 Å². The van der Waals surface area contributed by atoms with Gasteiger partial charge in [-0.05, 0) is 44.9 Å². The van der Waals surface area contributed by atoms with E-state index in [1.807, 2.05) is 6.08 Å². The van der Waals surface area contributed by atoms with Crippen molar-refractivity contribution in [1.29, 1.82) is 0 Å². The highest BCUT2D eigenvalue weighted by molar-refractivity contribution is 5.76. The van der Waals surface area contributed by atoms with Gasteiger partial charge in [-0.15, -0.1) is 0 Å². The Bertz CT molecular complexity index is 806. The van der Waals surface area contributed by atoms with Crippen molar-refractivity contribution in [2.45, 2.75) is 264 Å². The molecule has 0 aliphatic rings. The van der Waals surface area contributed by atoms with Crippen molar-refractivity contribution in [2.75, 3.05) is 6.61 Å². The van der Waals surface area contributed by atoms with Crippen LogP contribution in [0.3, 0.4) is 0 Å². The van der Waals surface area contributed by atoms with Crippen LogP contribution in [0.1, 0.15) is 251 Å². The molecule has 0 spiro atoms. The van der Waals surface area contributed by atoms with Crippen LogP contribution in [-0.2, 0) is 4.79 Å². The van der Waals surface area contributed by atoms with E-state index < -0.39 is 12.1 Å². The lowest BCUT2D eigenvalue weighted by Crippen LogP contribution is -2.45. The summed E-state index contributed by atoms with van der Waals surface area (Å²) in [5.41, 5.74) is 0. The molecule has 4 heteroatoms. The number of carbonyl (C=O) groups excluding carboxylic acids is 1. The van der Waals surface area contributed by atoms with Gasteiger partial charge in [-0.1, -0.05) is 237 Å². The maximum Gasteiger partial charge on any atom is 0.220 e. The summed E-state index contributed by atoms with van der Waals surface area (Å²) in [5.74, 6) is -0.0827. The second-order valence-electron chi connectivity index (χ2n) is 16.2. The molecule has 0 aliphatic heterocycles. The molecule has 0 aromatic rings. The van der Waals surface area contributed by atoms with E-state index in [0.717, 1.165) is 38.5 Å². The minimum Gasteiger partial charge on any atom is -0.394 e. The number of allylic oxidation sites excluding steroid dienone is 5. The van der Waals surface area contributed by atoms with E-state index in [2.05, 4.69) is 43.5 Å². The molecule has 4 nitrogen and oxygen atoms in total. The topological polar surface area (TPSA) is 69.6 Å². The zero-order valence-corrected chi connectivity index (χ0v) is 35.8. The summed E-state index contributed by atoms with van der Waals surface area (Å²) in [5, 5.41) is 22.9. The van der Waals surface area contributed by atoms with Gasteiger partial charge in [-0.3, -0.25) is 4.79 Å². The van der Waals surface area contributed by atoms with Crippen LogP contribution < -0.4 is 5.32 Å². The third-order valence-corrected chi connectivity index (χ3v) is 10.9. The van der Waals surface area contributed by atoms with Crippen LogP contribution >= 0.6 is 0 Å². The predicted octanol–water partition coefficient (Wildman–Crippen LogP) is 15.0. The fraction of sp³-hybridized carbons (Fsp3) is 0.857. The largest absolute Gasteiger partial charge is 0.394 e. The number of amides is 1. The molecule has 3 N–H and O–H groups in total. The average molecular weight is 744 g/mol. The van der Waals surface area contributed by atoms with Crippen molar-refractivity contribution in [3.63, 3.8) is 0 Å². The van der Waals surface area contributed by atoms with Gasteiger partial charge >= 0.3 is 0 Å². The zero-order valence-electron chi connectivity index (χ0n) is 35.8.